The highest BCUT2D eigenvalue weighted by molar-refractivity contribution is 6.31. The Morgan fingerprint density at radius 3 is 3.00 bits per heavy atom. The van der Waals surface area contributed by atoms with Gasteiger partial charge in [-0.1, -0.05) is 24.4 Å². The smallest absolute Gasteiger partial charge is 0.0737 e. The lowest BCUT2D eigenvalue weighted by Crippen LogP contribution is -2.02. The fourth-order valence-electron chi connectivity index (χ4n) is 2.09. The number of aromatic nitrogens is 1. The van der Waals surface area contributed by atoms with Gasteiger partial charge in [0.05, 0.1) is 5.52 Å². The molecule has 0 bridgehead atoms. The Morgan fingerprint density at radius 2 is 2.18 bits per heavy atom. The summed E-state index contributed by atoms with van der Waals surface area (Å²) in [7, 11) is 0. The number of fused-ring (bicyclic) bond motifs is 1. The number of pyridine rings is 1. The average molecular weight is 247 g/mol. The molecule has 1 aromatic heterocycles. The molecule has 1 fully saturated rings. The number of nitrogens with zero attached hydrogens (tertiary/aromatic N) is 1. The van der Waals surface area contributed by atoms with Gasteiger partial charge in [-0.25, -0.2) is 0 Å². The first-order chi connectivity index (χ1) is 8.33. The van der Waals surface area contributed by atoms with Gasteiger partial charge in [0.2, 0.25) is 0 Å². The van der Waals surface area contributed by atoms with Crippen LogP contribution in [-0.2, 0) is 0 Å². The molecule has 3 heteroatoms. The van der Waals surface area contributed by atoms with Gasteiger partial charge in [-0.2, -0.15) is 0 Å². The summed E-state index contributed by atoms with van der Waals surface area (Å²) in [5, 5.41) is 5.38. The predicted molar refractivity (Wildman–Crippen MR) is 72.6 cm³/mol. The summed E-state index contributed by atoms with van der Waals surface area (Å²) in [5.74, 6) is 0.963. The van der Waals surface area contributed by atoms with Crippen molar-refractivity contribution in [3.05, 3.63) is 35.5 Å². The van der Waals surface area contributed by atoms with Gasteiger partial charge >= 0.3 is 0 Å². The molecule has 0 radical (unpaired) electrons. The van der Waals surface area contributed by atoms with Gasteiger partial charge < -0.3 is 5.32 Å². The maximum absolute atomic E-state index is 5.96. The van der Waals surface area contributed by atoms with E-state index in [9.17, 15) is 0 Å². The first-order valence-corrected chi connectivity index (χ1v) is 6.49. The summed E-state index contributed by atoms with van der Waals surface area (Å²) >= 11 is 5.96. The van der Waals surface area contributed by atoms with Crippen LogP contribution in [0.2, 0.25) is 5.02 Å². The van der Waals surface area contributed by atoms with E-state index >= 15 is 0 Å². The van der Waals surface area contributed by atoms with Crippen molar-refractivity contribution in [1.29, 1.82) is 0 Å². The number of benzene rings is 1. The molecule has 1 saturated carbocycles. The number of hydrogen-bond acceptors (Lipinski definition) is 2. The Bertz CT molecular complexity index is 535. The summed E-state index contributed by atoms with van der Waals surface area (Å²) < 4.78 is 0. The maximum Gasteiger partial charge on any atom is 0.0737 e. The van der Waals surface area contributed by atoms with E-state index in [0.29, 0.717) is 0 Å². The molecule has 88 valence electrons. The first kappa shape index (κ1) is 10.8. The molecule has 2 aromatic rings. The van der Waals surface area contributed by atoms with Crippen LogP contribution in [0.1, 0.15) is 19.3 Å². The zero-order chi connectivity index (χ0) is 11.7. The molecule has 2 nitrogen and oxygen atoms in total. The minimum atomic E-state index is 0.736. The van der Waals surface area contributed by atoms with E-state index < -0.39 is 0 Å². The normalized spacial score (nSPS) is 15.1. The monoisotopic (exact) mass is 246 g/mol. The van der Waals surface area contributed by atoms with E-state index in [-0.39, 0.29) is 0 Å². The molecule has 1 aliphatic carbocycles. The predicted octanol–water partition coefficient (Wildman–Crippen LogP) is 4.10. The molecular formula is C14H15ClN2. The van der Waals surface area contributed by atoms with Crippen molar-refractivity contribution in [2.45, 2.75) is 19.3 Å². The lowest BCUT2D eigenvalue weighted by Gasteiger charge is -2.09. The van der Waals surface area contributed by atoms with Gasteiger partial charge in [-0.05, 0) is 36.6 Å². The number of nitrogens with one attached hydrogen (secondary N) is 1. The Morgan fingerprint density at radius 1 is 1.29 bits per heavy atom. The van der Waals surface area contributed by atoms with Crippen molar-refractivity contribution in [2.75, 3.05) is 11.9 Å². The molecule has 1 N–H and O–H groups in total. The summed E-state index contributed by atoms with van der Waals surface area (Å²) in [4.78, 5) is 4.33. The molecule has 0 unspecified atom stereocenters. The first-order valence-electron chi connectivity index (χ1n) is 6.11. The van der Waals surface area contributed by atoms with Gasteiger partial charge in [0, 0.05) is 28.8 Å². The highest BCUT2D eigenvalue weighted by atomic mass is 35.5. The van der Waals surface area contributed by atoms with Crippen molar-refractivity contribution >= 4 is 28.2 Å². The minimum Gasteiger partial charge on any atom is -0.384 e. The van der Waals surface area contributed by atoms with Crippen LogP contribution in [0.5, 0.6) is 0 Å². The Balaban J connectivity index is 1.81. The molecule has 1 heterocycles. The van der Waals surface area contributed by atoms with Crippen LogP contribution in [0.4, 0.5) is 5.69 Å². The molecule has 17 heavy (non-hydrogen) atoms. The lowest BCUT2D eigenvalue weighted by molar-refractivity contribution is 0.761. The highest BCUT2D eigenvalue weighted by Gasteiger charge is 2.20. The van der Waals surface area contributed by atoms with Crippen molar-refractivity contribution < 1.29 is 0 Å². The molecule has 0 atom stereocenters. The van der Waals surface area contributed by atoms with E-state index in [1.165, 1.54) is 19.3 Å². The fourth-order valence-corrected chi connectivity index (χ4v) is 2.26. The molecule has 0 spiro atoms. The quantitative estimate of drug-likeness (QED) is 0.879. The molecule has 1 aromatic carbocycles. The van der Waals surface area contributed by atoms with Crippen LogP contribution in [-0.4, -0.2) is 11.5 Å². The third-order valence-electron chi connectivity index (χ3n) is 3.27. The summed E-state index contributed by atoms with van der Waals surface area (Å²) in [5.41, 5.74) is 2.11. The zero-order valence-corrected chi connectivity index (χ0v) is 10.4. The van der Waals surface area contributed by atoms with Crippen LogP contribution in [0.3, 0.4) is 0 Å². The second kappa shape index (κ2) is 4.53. The molecular weight excluding hydrogens is 232 g/mol. The van der Waals surface area contributed by atoms with Gasteiger partial charge in [-0.15, -0.1) is 0 Å². The fraction of sp³-hybridized carbons (Fsp3) is 0.357. The molecule has 3 rings (SSSR count). The molecule has 1 aliphatic rings. The van der Waals surface area contributed by atoms with E-state index in [2.05, 4.69) is 10.3 Å². The largest absolute Gasteiger partial charge is 0.384 e. The van der Waals surface area contributed by atoms with Crippen molar-refractivity contribution in [2.24, 2.45) is 5.92 Å². The standard InChI is InChI=1S/C14H15ClN2/c15-11-3-4-12-13(6-8-17-14(12)9-11)16-7-5-10-1-2-10/h3-4,6,8-10H,1-2,5,7H2,(H,16,17). The zero-order valence-electron chi connectivity index (χ0n) is 9.62. The van der Waals surface area contributed by atoms with Crippen molar-refractivity contribution in [1.82, 2.24) is 4.98 Å². The second-order valence-electron chi connectivity index (χ2n) is 4.68. The molecule has 0 amide bonds. The van der Waals surface area contributed by atoms with E-state index in [0.717, 1.165) is 34.1 Å². The Hall–Kier alpha value is -1.28. The SMILES string of the molecule is Clc1ccc2c(NCCC3CC3)ccnc2c1. The van der Waals surface area contributed by atoms with Crippen LogP contribution in [0.15, 0.2) is 30.5 Å². The number of hydrogen-bond donors (Lipinski definition) is 1. The third kappa shape index (κ3) is 2.52. The van der Waals surface area contributed by atoms with Gasteiger partial charge in [0.1, 0.15) is 0 Å². The van der Waals surface area contributed by atoms with E-state index in [4.69, 9.17) is 11.6 Å². The van der Waals surface area contributed by atoms with Crippen molar-refractivity contribution in [3.8, 4) is 0 Å². The summed E-state index contributed by atoms with van der Waals surface area (Å²) in [6, 6.07) is 7.88. The van der Waals surface area contributed by atoms with Crippen LogP contribution in [0.25, 0.3) is 10.9 Å². The van der Waals surface area contributed by atoms with Gasteiger partial charge in [0.25, 0.3) is 0 Å². The topological polar surface area (TPSA) is 24.9 Å². The Labute approximate surface area is 106 Å². The summed E-state index contributed by atoms with van der Waals surface area (Å²) in [6.45, 7) is 1.05. The van der Waals surface area contributed by atoms with Crippen LogP contribution >= 0.6 is 11.6 Å². The number of anilines is 1. The number of halogens is 1. The van der Waals surface area contributed by atoms with E-state index in [1.54, 1.807) is 0 Å². The van der Waals surface area contributed by atoms with Crippen LogP contribution in [0, 0.1) is 5.92 Å². The minimum absolute atomic E-state index is 0.736. The van der Waals surface area contributed by atoms with Crippen molar-refractivity contribution in [3.63, 3.8) is 0 Å². The van der Waals surface area contributed by atoms with Crippen LogP contribution < -0.4 is 5.32 Å². The second-order valence-corrected chi connectivity index (χ2v) is 5.12. The summed E-state index contributed by atoms with van der Waals surface area (Å²) in [6.07, 6.45) is 5.93. The molecule has 0 saturated heterocycles. The Kier molecular flexibility index (Phi) is 2.89. The molecule has 0 aliphatic heterocycles. The van der Waals surface area contributed by atoms with E-state index in [1.807, 2.05) is 30.5 Å². The lowest BCUT2D eigenvalue weighted by atomic mass is 10.2. The highest BCUT2D eigenvalue weighted by Crippen LogP contribution is 2.32. The van der Waals surface area contributed by atoms with Gasteiger partial charge in [0.15, 0.2) is 0 Å². The average Bonchev–Trinajstić information content (AvgIpc) is 3.13. The van der Waals surface area contributed by atoms with Gasteiger partial charge in [-0.3, -0.25) is 4.98 Å². The number of rotatable bonds is 4. The maximum atomic E-state index is 5.96. The third-order valence-corrected chi connectivity index (χ3v) is 3.50.